The standard InChI is InChI=1S/C18H29NO6/c1-7-9-18(12(8-2)24-6)10-11-19(14(20)13(18)15(21)22)16(23)25-17(3,4)5/h7-8,12-14,20H,1-2,9-11H2,3-6H3,(H,21,22). The fraction of sp³-hybridized carbons (Fsp3) is 0.667. The molecule has 1 aliphatic rings. The lowest BCUT2D eigenvalue weighted by Gasteiger charge is -2.50. The number of likely N-dealkylation sites (tertiary alicyclic amines) is 1. The number of piperidine rings is 1. The Labute approximate surface area is 148 Å². The van der Waals surface area contributed by atoms with Crippen LogP contribution >= 0.6 is 0 Å². The third-order valence-corrected chi connectivity index (χ3v) is 4.51. The van der Waals surface area contributed by atoms with Crippen LogP contribution in [0.2, 0.25) is 0 Å². The van der Waals surface area contributed by atoms with Gasteiger partial charge in [-0.3, -0.25) is 9.69 Å². The number of nitrogens with zero attached hydrogens (tertiary/aromatic N) is 1. The molecule has 0 aromatic carbocycles. The van der Waals surface area contributed by atoms with Gasteiger partial charge in [-0.15, -0.1) is 13.2 Å². The molecule has 1 rings (SSSR count). The quantitative estimate of drug-likeness (QED) is 0.710. The van der Waals surface area contributed by atoms with E-state index in [4.69, 9.17) is 9.47 Å². The number of amides is 1. The second kappa shape index (κ2) is 8.01. The third-order valence-electron chi connectivity index (χ3n) is 4.51. The second-order valence-corrected chi connectivity index (χ2v) is 7.27. The average molecular weight is 355 g/mol. The van der Waals surface area contributed by atoms with E-state index in [1.807, 2.05) is 0 Å². The van der Waals surface area contributed by atoms with E-state index in [2.05, 4.69) is 13.2 Å². The minimum Gasteiger partial charge on any atom is -0.481 e. The fourth-order valence-electron chi connectivity index (χ4n) is 3.49. The summed E-state index contributed by atoms with van der Waals surface area (Å²) in [6, 6.07) is 0. The molecule has 1 heterocycles. The number of aliphatic hydroxyl groups is 1. The number of aliphatic hydroxyl groups excluding tert-OH is 1. The van der Waals surface area contributed by atoms with E-state index in [9.17, 15) is 19.8 Å². The van der Waals surface area contributed by atoms with Crippen molar-refractivity contribution in [3.8, 4) is 0 Å². The van der Waals surface area contributed by atoms with Crippen molar-refractivity contribution in [1.82, 2.24) is 4.90 Å². The Balaban J connectivity index is 3.26. The van der Waals surface area contributed by atoms with Gasteiger partial charge < -0.3 is 19.7 Å². The maximum atomic E-state index is 12.3. The number of hydrogen-bond donors (Lipinski definition) is 2. The van der Waals surface area contributed by atoms with Crippen molar-refractivity contribution in [2.45, 2.75) is 51.5 Å². The van der Waals surface area contributed by atoms with E-state index in [1.54, 1.807) is 26.8 Å². The molecule has 0 aromatic rings. The molecule has 1 saturated heterocycles. The first-order chi connectivity index (χ1) is 11.5. The van der Waals surface area contributed by atoms with Gasteiger partial charge in [-0.05, 0) is 33.6 Å². The molecule has 4 unspecified atom stereocenters. The minimum atomic E-state index is -1.54. The number of carboxylic acids is 1. The van der Waals surface area contributed by atoms with Crippen molar-refractivity contribution in [3.63, 3.8) is 0 Å². The van der Waals surface area contributed by atoms with E-state index >= 15 is 0 Å². The first-order valence-corrected chi connectivity index (χ1v) is 8.20. The maximum Gasteiger partial charge on any atom is 0.412 e. The van der Waals surface area contributed by atoms with Gasteiger partial charge in [0.2, 0.25) is 0 Å². The highest BCUT2D eigenvalue weighted by molar-refractivity contribution is 5.75. The topological polar surface area (TPSA) is 96.3 Å². The van der Waals surface area contributed by atoms with E-state index in [1.165, 1.54) is 13.2 Å². The molecule has 0 aromatic heterocycles. The first kappa shape index (κ1) is 21.2. The summed E-state index contributed by atoms with van der Waals surface area (Å²) in [6.45, 7) is 12.7. The monoisotopic (exact) mass is 355 g/mol. The van der Waals surface area contributed by atoms with Crippen LogP contribution < -0.4 is 0 Å². The van der Waals surface area contributed by atoms with Crippen LogP contribution in [0.15, 0.2) is 25.3 Å². The Morgan fingerprint density at radius 2 is 2.00 bits per heavy atom. The zero-order chi connectivity index (χ0) is 19.4. The van der Waals surface area contributed by atoms with Gasteiger partial charge in [0.25, 0.3) is 0 Å². The van der Waals surface area contributed by atoms with Crippen LogP contribution in [-0.4, -0.2) is 58.8 Å². The SMILES string of the molecule is C=CCC1(C(C=C)OC)CCN(C(=O)OC(C)(C)C)C(O)C1C(=O)O. The number of aliphatic carboxylic acids is 1. The molecule has 0 spiro atoms. The lowest BCUT2D eigenvalue weighted by Crippen LogP contribution is -2.62. The number of allylic oxidation sites excluding steroid dienone is 1. The van der Waals surface area contributed by atoms with Gasteiger partial charge in [-0.25, -0.2) is 4.79 Å². The van der Waals surface area contributed by atoms with E-state index in [-0.39, 0.29) is 6.54 Å². The Hall–Kier alpha value is -1.86. The van der Waals surface area contributed by atoms with Gasteiger partial charge in [0.1, 0.15) is 17.7 Å². The number of rotatable bonds is 6. The minimum absolute atomic E-state index is 0.140. The van der Waals surface area contributed by atoms with Gasteiger partial charge in [-0.2, -0.15) is 0 Å². The van der Waals surface area contributed by atoms with Crippen LogP contribution in [0.25, 0.3) is 0 Å². The highest BCUT2D eigenvalue weighted by Crippen LogP contribution is 2.47. The van der Waals surface area contributed by atoms with Gasteiger partial charge >= 0.3 is 12.1 Å². The van der Waals surface area contributed by atoms with Crippen molar-refractivity contribution < 1.29 is 29.3 Å². The molecule has 25 heavy (non-hydrogen) atoms. The Morgan fingerprint density at radius 1 is 1.40 bits per heavy atom. The number of carbonyl (C=O) groups is 2. The van der Waals surface area contributed by atoms with Crippen molar-refractivity contribution >= 4 is 12.1 Å². The summed E-state index contributed by atoms with van der Waals surface area (Å²) in [6.07, 6.45) is 0.827. The molecule has 7 heteroatoms. The number of carbonyl (C=O) groups excluding carboxylic acids is 1. The van der Waals surface area contributed by atoms with Crippen LogP contribution in [-0.2, 0) is 14.3 Å². The predicted octanol–water partition coefficient (Wildman–Crippen LogP) is 2.41. The van der Waals surface area contributed by atoms with E-state index < -0.39 is 41.3 Å². The summed E-state index contributed by atoms with van der Waals surface area (Å²) in [5, 5.41) is 20.5. The zero-order valence-electron chi connectivity index (χ0n) is 15.4. The van der Waals surface area contributed by atoms with Crippen molar-refractivity contribution in [2.75, 3.05) is 13.7 Å². The smallest absolute Gasteiger partial charge is 0.412 e. The van der Waals surface area contributed by atoms with Crippen molar-refractivity contribution in [1.29, 1.82) is 0 Å². The van der Waals surface area contributed by atoms with E-state index in [0.717, 1.165) is 4.90 Å². The van der Waals surface area contributed by atoms with Crippen LogP contribution in [0.4, 0.5) is 4.79 Å². The summed E-state index contributed by atoms with van der Waals surface area (Å²) < 4.78 is 10.7. The van der Waals surface area contributed by atoms with E-state index in [0.29, 0.717) is 12.8 Å². The highest BCUT2D eigenvalue weighted by atomic mass is 16.6. The summed E-state index contributed by atoms with van der Waals surface area (Å²) in [5.74, 6) is -2.48. The first-order valence-electron chi connectivity index (χ1n) is 8.20. The Morgan fingerprint density at radius 3 is 2.40 bits per heavy atom. The predicted molar refractivity (Wildman–Crippen MR) is 92.9 cm³/mol. The van der Waals surface area contributed by atoms with Gasteiger partial charge in [0.05, 0.1) is 6.10 Å². The Kier molecular flexibility index (Phi) is 6.79. The molecular weight excluding hydrogens is 326 g/mol. The molecule has 1 amide bonds. The van der Waals surface area contributed by atoms with Crippen molar-refractivity contribution in [3.05, 3.63) is 25.3 Å². The summed E-state index contributed by atoms with van der Waals surface area (Å²) in [5.41, 5.74) is -1.70. The normalized spacial score (nSPS) is 28.1. The van der Waals surface area contributed by atoms with Gasteiger partial charge in [0, 0.05) is 19.1 Å². The molecule has 0 saturated carbocycles. The van der Waals surface area contributed by atoms with Gasteiger partial charge in [-0.1, -0.05) is 12.2 Å². The lowest BCUT2D eigenvalue weighted by atomic mass is 9.63. The molecule has 142 valence electrons. The number of methoxy groups -OCH3 is 1. The zero-order valence-corrected chi connectivity index (χ0v) is 15.4. The molecule has 1 fully saturated rings. The van der Waals surface area contributed by atoms with Crippen LogP contribution in [0, 0.1) is 11.3 Å². The van der Waals surface area contributed by atoms with Crippen LogP contribution in [0.3, 0.4) is 0 Å². The number of carboxylic acid groups (broad SMARTS) is 1. The molecule has 0 radical (unpaired) electrons. The molecular formula is C18H29NO6. The molecule has 0 bridgehead atoms. The third kappa shape index (κ3) is 4.41. The molecule has 7 nitrogen and oxygen atoms in total. The van der Waals surface area contributed by atoms with Crippen LogP contribution in [0.1, 0.15) is 33.6 Å². The lowest BCUT2D eigenvalue weighted by molar-refractivity contribution is -0.184. The Bertz CT molecular complexity index is 526. The second-order valence-electron chi connectivity index (χ2n) is 7.27. The van der Waals surface area contributed by atoms with Crippen molar-refractivity contribution in [2.24, 2.45) is 11.3 Å². The molecule has 0 aliphatic carbocycles. The highest BCUT2D eigenvalue weighted by Gasteiger charge is 2.56. The van der Waals surface area contributed by atoms with Crippen LogP contribution in [0.5, 0.6) is 0 Å². The van der Waals surface area contributed by atoms with Gasteiger partial charge in [0.15, 0.2) is 0 Å². The average Bonchev–Trinajstić information content (AvgIpc) is 2.46. The maximum absolute atomic E-state index is 12.3. The largest absolute Gasteiger partial charge is 0.481 e. The summed E-state index contributed by atoms with van der Waals surface area (Å²) in [4.78, 5) is 25.4. The summed E-state index contributed by atoms with van der Waals surface area (Å²) in [7, 11) is 1.46. The number of hydrogen-bond acceptors (Lipinski definition) is 5. The summed E-state index contributed by atoms with van der Waals surface area (Å²) >= 11 is 0. The number of ether oxygens (including phenoxy) is 2. The molecule has 1 aliphatic heterocycles. The molecule has 4 atom stereocenters. The fourth-order valence-corrected chi connectivity index (χ4v) is 3.49. The molecule has 2 N–H and O–H groups in total.